The van der Waals surface area contributed by atoms with Gasteiger partial charge in [-0.25, -0.2) is 19.2 Å². The molecule has 0 aliphatic heterocycles. The zero-order chi connectivity index (χ0) is 45.8. The summed E-state index contributed by atoms with van der Waals surface area (Å²) < 4.78 is 29.1. The SMILES string of the molecule is COC(=O)c1cn(C(=O)OC(C)(C)C)c2cc(Cl)c(-c3ccc(O)cc3)cc12.COC(=O)c1cn(C(=O)OC(C)(C)C)c2cc(Cl)c(-c3ccc(OCc4cccnc4)cc3)cc12. The van der Waals surface area contributed by atoms with Crippen molar-refractivity contribution in [3.63, 3.8) is 0 Å². The molecule has 7 rings (SSSR count). The molecule has 0 saturated carbocycles. The number of phenols is 1. The maximum Gasteiger partial charge on any atom is 0.419 e. The average Bonchev–Trinajstić information content (AvgIpc) is 3.80. The van der Waals surface area contributed by atoms with Crippen molar-refractivity contribution in [2.45, 2.75) is 59.4 Å². The number of hydrogen-bond donors (Lipinski definition) is 1. The van der Waals surface area contributed by atoms with Gasteiger partial charge in [0.15, 0.2) is 0 Å². The minimum Gasteiger partial charge on any atom is -0.508 e. The van der Waals surface area contributed by atoms with E-state index in [1.165, 1.54) is 35.7 Å². The summed E-state index contributed by atoms with van der Waals surface area (Å²) in [6.07, 6.45) is 5.04. The van der Waals surface area contributed by atoms with Gasteiger partial charge in [0.1, 0.15) is 29.3 Å². The molecule has 4 aromatic carbocycles. The van der Waals surface area contributed by atoms with Gasteiger partial charge in [0.2, 0.25) is 0 Å². The van der Waals surface area contributed by atoms with Crippen LogP contribution in [0.5, 0.6) is 11.5 Å². The highest BCUT2D eigenvalue weighted by atomic mass is 35.5. The smallest absolute Gasteiger partial charge is 0.419 e. The lowest BCUT2D eigenvalue weighted by molar-refractivity contribution is 0.0530. The fourth-order valence-electron chi connectivity index (χ4n) is 6.43. The summed E-state index contributed by atoms with van der Waals surface area (Å²) in [5.41, 5.74) is 3.84. The maximum absolute atomic E-state index is 12.8. The Morgan fingerprint density at radius 3 is 1.49 bits per heavy atom. The number of methoxy groups -OCH3 is 2. The van der Waals surface area contributed by atoms with Crippen LogP contribution in [0, 0.1) is 0 Å². The van der Waals surface area contributed by atoms with Gasteiger partial charge in [-0.05, 0) is 107 Å². The predicted molar refractivity (Wildman–Crippen MR) is 241 cm³/mol. The van der Waals surface area contributed by atoms with Crippen LogP contribution in [0.3, 0.4) is 0 Å². The highest BCUT2D eigenvalue weighted by Gasteiger charge is 2.26. The van der Waals surface area contributed by atoms with Crippen LogP contribution in [-0.2, 0) is 25.6 Å². The molecule has 0 unspecified atom stereocenters. The second-order valence-electron chi connectivity index (χ2n) is 16.2. The van der Waals surface area contributed by atoms with Gasteiger partial charge in [0, 0.05) is 52.3 Å². The topological polar surface area (TPSA) is 157 Å². The van der Waals surface area contributed by atoms with Gasteiger partial charge in [0.25, 0.3) is 0 Å². The van der Waals surface area contributed by atoms with Crippen LogP contribution in [0.2, 0.25) is 10.0 Å². The molecule has 0 saturated heterocycles. The lowest BCUT2D eigenvalue weighted by atomic mass is 10.0. The molecule has 0 amide bonds. The van der Waals surface area contributed by atoms with Crippen molar-refractivity contribution in [2.24, 2.45) is 0 Å². The quantitative estimate of drug-likeness (QED) is 0.120. The minimum atomic E-state index is -0.705. The number of halogens is 2. The van der Waals surface area contributed by atoms with Crippen LogP contribution in [0.25, 0.3) is 44.1 Å². The number of carbonyl (C=O) groups excluding carboxylic acids is 4. The van der Waals surface area contributed by atoms with E-state index in [2.05, 4.69) is 4.98 Å². The molecule has 7 aromatic rings. The number of carbonyl (C=O) groups is 4. The summed E-state index contributed by atoms with van der Waals surface area (Å²) in [4.78, 5) is 54.2. The molecule has 0 bridgehead atoms. The molecular weight excluding hydrogens is 849 g/mol. The van der Waals surface area contributed by atoms with E-state index in [0.717, 1.165) is 16.7 Å². The number of ether oxygens (including phenoxy) is 5. The minimum absolute atomic E-state index is 0.132. The molecule has 13 nitrogen and oxygen atoms in total. The second-order valence-corrected chi connectivity index (χ2v) is 17.0. The molecule has 0 aliphatic carbocycles. The van der Waals surface area contributed by atoms with Gasteiger partial charge in [-0.15, -0.1) is 0 Å². The van der Waals surface area contributed by atoms with Crippen molar-refractivity contribution in [1.29, 1.82) is 0 Å². The Morgan fingerprint density at radius 1 is 0.651 bits per heavy atom. The van der Waals surface area contributed by atoms with E-state index >= 15 is 0 Å². The van der Waals surface area contributed by atoms with E-state index in [-0.39, 0.29) is 16.9 Å². The highest BCUT2D eigenvalue weighted by molar-refractivity contribution is 6.35. The summed E-state index contributed by atoms with van der Waals surface area (Å²) in [6, 6.07) is 24.5. The first-order valence-corrected chi connectivity index (χ1v) is 20.3. The van der Waals surface area contributed by atoms with Gasteiger partial charge in [0.05, 0.1) is 46.4 Å². The largest absolute Gasteiger partial charge is 0.508 e. The fourth-order valence-corrected chi connectivity index (χ4v) is 6.96. The average molecular weight is 895 g/mol. The first-order chi connectivity index (χ1) is 29.8. The van der Waals surface area contributed by atoms with Gasteiger partial charge in [-0.1, -0.05) is 53.5 Å². The summed E-state index contributed by atoms with van der Waals surface area (Å²) in [7, 11) is 2.57. The monoisotopic (exact) mass is 893 g/mol. The van der Waals surface area contributed by atoms with E-state index in [1.807, 2.05) is 36.4 Å². The Bertz CT molecular complexity index is 2820. The number of benzene rings is 4. The lowest BCUT2D eigenvalue weighted by Crippen LogP contribution is -2.26. The number of esters is 2. The third kappa shape index (κ3) is 10.8. The number of aromatic nitrogens is 3. The molecule has 0 fully saturated rings. The molecule has 3 aromatic heterocycles. The Hall–Kier alpha value is -6.83. The van der Waals surface area contributed by atoms with Crippen LogP contribution in [0.1, 0.15) is 67.8 Å². The number of nitrogens with zero attached hydrogens (tertiary/aromatic N) is 3. The van der Waals surface area contributed by atoms with Gasteiger partial charge in [-0.3, -0.25) is 14.1 Å². The van der Waals surface area contributed by atoms with Crippen molar-refractivity contribution in [3.8, 4) is 33.8 Å². The van der Waals surface area contributed by atoms with Crippen molar-refractivity contribution < 1.29 is 48.0 Å². The fraction of sp³-hybridized carbons (Fsp3) is 0.229. The van der Waals surface area contributed by atoms with E-state index < -0.39 is 35.3 Å². The Labute approximate surface area is 373 Å². The standard InChI is InChI=1S/C27H25ClN2O5.C21H20ClNO5/c1-27(2,3)35-26(32)30-15-22(25(31)33-4)21-12-20(23(28)13-24(21)30)18-7-9-19(10-8-18)34-16-17-6-5-11-29-14-17;1-21(2,3)28-20(26)23-11-16(19(25)27-4)15-9-14(17(22)10-18(15)23)12-5-7-13(24)8-6-12/h5-15H,16H2,1-4H3;5-11,24H,1-4H3. The van der Waals surface area contributed by atoms with Crippen molar-refractivity contribution in [3.05, 3.63) is 136 Å². The molecule has 63 heavy (non-hydrogen) atoms. The van der Waals surface area contributed by atoms with Crippen molar-refractivity contribution in [1.82, 2.24) is 14.1 Å². The third-order valence-electron chi connectivity index (χ3n) is 9.25. The molecular formula is C48H45Cl2N3O10. The van der Waals surface area contributed by atoms with Gasteiger partial charge >= 0.3 is 24.1 Å². The van der Waals surface area contributed by atoms with E-state index in [1.54, 1.807) is 102 Å². The first kappa shape index (κ1) is 45.7. The Balaban J connectivity index is 0.000000215. The molecule has 0 radical (unpaired) electrons. The lowest BCUT2D eigenvalue weighted by Gasteiger charge is -2.19. The second kappa shape index (κ2) is 18.6. The van der Waals surface area contributed by atoms with Crippen LogP contribution in [0.15, 0.2) is 110 Å². The number of rotatable bonds is 7. The van der Waals surface area contributed by atoms with Gasteiger partial charge in [-0.2, -0.15) is 0 Å². The molecule has 1 N–H and O–H groups in total. The van der Waals surface area contributed by atoms with E-state index in [4.69, 9.17) is 46.9 Å². The summed E-state index contributed by atoms with van der Waals surface area (Å²) >= 11 is 13.1. The van der Waals surface area contributed by atoms with Gasteiger partial charge < -0.3 is 28.8 Å². The first-order valence-electron chi connectivity index (χ1n) is 19.5. The predicted octanol–water partition coefficient (Wildman–Crippen LogP) is 11.7. The molecule has 0 spiro atoms. The zero-order valence-corrected chi connectivity index (χ0v) is 37.3. The Kier molecular flexibility index (Phi) is 13.5. The summed E-state index contributed by atoms with van der Waals surface area (Å²) in [5.74, 6) is -0.315. The highest BCUT2D eigenvalue weighted by Crippen LogP contribution is 2.37. The molecule has 0 atom stereocenters. The number of hydrogen-bond acceptors (Lipinski definition) is 11. The number of fused-ring (bicyclic) bond motifs is 2. The van der Waals surface area contributed by atoms with Crippen molar-refractivity contribution in [2.75, 3.05) is 14.2 Å². The third-order valence-corrected chi connectivity index (χ3v) is 9.87. The zero-order valence-electron chi connectivity index (χ0n) is 35.8. The van der Waals surface area contributed by atoms with Crippen molar-refractivity contribution >= 4 is 69.1 Å². The van der Waals surface area contributed by atoms with Crippen LogP contribution in [0.4, 0.5) is 9.59 Å². The van der Waals surface area contributed by atoms with Crippen LogP contribution >= 0.6 is 23.2 Å². The molecule has 326 valence electrons. The Morgan fingerprint density at radius 2 is 1.10 bits per heavy atom. The number of aromatic hydroxyl groups is 1. The summed E-state index contributed by atoms with van der Waals surface area (Å²) in [6.45, 7) is 11.0. The van der Waals surface area contributed by atoms with E-state index in [9.17, 15) is 24.3 Å². The van der Waals surface area contributed by atoms with E-state index in [0.29, 0.717) is 55.3 Å². The molecule has 0 aliphatic rings. The number of pyridine rings is 1. The molecule has 3 heterocycles. The normalized spacial score (nSPS) is 11.4. The maximum atomic E-state index is 12.8. The molecule has 15 heteroatoms. The van der Waals surface area contributed by atoms with Crippen LogP contribution in [-0.4, -0.2) is 68.8 Å². The summed E-state index contributed by atoms with van der Waals surface area (Å²) in [5, 5.41) is 11.3. The van der Waals surface area contributed by atoms with Crippen LogP contribution < -0.4 is 4.74 Å². The number of phenolic OH excluding ortho intramolecular Hbond substituents is 1.